The largest absolute Gasteiger partial charge is 0.352 e. The van der Waals surface area contributed by atoms with Crippen molar-refractivity contribution in [3.63, 3.8) is 0 Å². The molecule has 1 aliphatic carbocycles. The molecule has 2 aliphatic rings. The van der Waals surface area contributed by atoms with Crippen LogP contribution in [0.1, 0.15) is 50.8 Å². The fourth-order valence-corrected chi connectivity index (χ4v) is 4.07. The lowest BCUT2D eigenvalue weighted by molar-refractivity contribution is -0.131. The molecule has 209 valence electrons. The van der Waals surface area contributed by atoms with Gasteiger partial charge in [-0.05, 0) is 60.0 Å². The monoisotopic (exact) mass is 541 g/mol. The van der Waals surface area contributed by atoms with Gasteiger partial charge in [-0.25, -0.2) is 9.38 Å². The van der Waals surface area contributed by atoms with Crippen molar-refractivity contribution in [2.75, 3.05) is 38.1 Å². The summed E-state index contributed by atoms with van der Waals surface area (Å²) in [6, 6.07) is 18.3. The van der Waals surface area contributed by atoms with Gasteiger partial charge in [0, 0.05) is 63.5 Å². The predicted octanol–water partition coefficient (Wildman–Crippen LogP) is 5.87. The molecule has 2 aromatic carbocycles. The number of amidine groups is 1. The number of halogens is 1. The normalized spacial score (nSPS) is 14.8. The molecule has 0 bridgehead atoms. The number of anilines is 1. The molecule has 8 heteroatoms. The number of amides is 1. The van der Waals surface area contributed by atoms with Crippen molar-refractivity contribution in [1.29, 1.82) is 0 Å². The summed E-state index contributed by atoms with van der Waals surface area (Å²) >= 11 is 0. The van der Waals surface area contributed by atoms with Crippen molar-refractivity contribution >= 4 is 28.8 Å². The quantitative estimate of drug-likeness (QED) is 0.299. The number of nitrogens with zero attached hydrogens (tertiary/aromatic N) is 6. The molecule has 1 amide bonds. The maximum atomic E-state index is 13.0. The maximum absolute atomic E-state index is 13.0. The van der Waals surface area contributed by atoms with Gasteiger partial charge >= 0.3 is 0 Å². The highest BCUT2D eigenvalue weighted by Gasteiger charge is 2.20. The van der Waals surface area contributed by atoms with Crippen LogP contribution in [0, 0.1) is 12.2 Å². The van der Waals surface area contributed by atoms with Crippen molar-refractivity contribution in [2.24, 2.45) is 9.98 Å². The second kappa shape index (κ2) is 15.4. The number of rotatable bonds is 5. The third kappa shape index (κ3) is 8.66. The summed E-state index contributed by atoms with van der Waals surface area (Å²) in [5, 5.41) is 7.92. The molecule has 1 aromatic heterocycles. The van der Waals surface area contributed by atoms with E-state index in [0.29, 0.717) is 12.3 Å². The first-order valence-electron chi connectivity index (χ1n) is 13.7. The zero-order valence-corrected chi connectivity index (χ0v) is 24.0. The Morgan fingerprint density at radius 2 is 1.57 bits per heavy atom. The van der Waals surface area contributed by atoms with Crippen LogP contribution in [-0.4, -0.2) is 65.8 Å². The van der Waals surface area contributed by atoms with Crippen LogP contribution < -0.4 is 4.90 Å². The van der Waals surface area contributed by atoms with E-state index in [2.05, 4.69) is 61.8 Å². The number of hydrogen-bond acceptors (Lipinski definition) is 5. The zero-order valence-electron chi connectivity index (χ0n) is 24.0. The van der Waals surface area contributed by atoms with E-state index < -0.39 is 0 Å². The number of piperazine rings is 1. The molecule has 1 fully saturated rings. The van der Waals surface area contributed by atoms with E-state index in [0.717, 1.165) is 48.8 Å². The fraction of sp³-hybridized carbons (Fsp3) is 0.312. The molecule has 1 saturated heterocycles. The summed E-state index contributed by atoms with van der Waals surface area (Å²) < 4.78 is 13.0. The van der Waals surface area contributed by atoms with E-state index in [9.17, 15) is 9.18 Å². The van der Waals surface area contributed by atoms with E-state index >= 15 is 0 Å². The second-order valence-electron chi connectivity index (χ2n) is 8.92. The van der Waals surface area contributed by atoms with Crippen LogP contribution >= 0.6 is 0 Å². The predicted molar refractivity (Wildman–Crippen MR) is 162 cm³/mol. The Morgan fingerprint density at radius 3 is 2.10 bits per heavy atom. The third-order valence-corrected chi connectivity index (χ3v) is 6.37. The van der Waals surface area contributed by atoms with Gasteiger partial charge in [0.25, 0.3) is 0 Å². The standard InChI is InChI=1S/C19H16FN2.C11H16N4O.C2H6/c1-13(14-3-5-15(6-4-14)16-7-8-16)22-19(21-2)17-9-11-18(20)12-10-17;1-2-11(16)15-8-6-14(7-9-15)10-4-3-5-12-13-10;1-2/h3-12H,1-2H3;3-5H,2,6-9H2,1H3;1-2H3. The number of carbonyl (C=O) groups is 1. The molecule has 2 heterocycles. The molecule has 3 aromatic rings. The van der Waals surface area contributed by atoms with Gasteiger partial charge in [0.2, 0.25) is 5.91 Å². The molecule has 0 spiro atoms. The average molecular weight is 542 g/mol. The highest BCUT2D eigenvalue weighted by Crippen LogP contribution is 2.29. The molecule has 5 rings (SSSR count). The minimum absolute atomic E-state index is 0.235. The number of allylic oxidation sites excluding steroid dienone is 2. The average Bonchev–Trinajstić information content (AvgIpc) is 3.88. The molecule has 40 heavy (non-hydrogen) atoms. The zero-order chi connectivity index (χ0) is 28.9. The first-order chi connectivity index (χ1) is 19.5. The number of aliphatic imine (C=N–C) groups is 2. The van der Waals surface area contributed by atoms with Gasteiger partial charge in [0.15, 0.2) is 11.7 Å². The number of carbonyl (C=O) groups excluding carboxylic acids is 1. The molecule has 7 nitrogen and oxygen atoms in total. The number of aromatic nitrogens is 2. The van der Waals surface area contributed by atoms with E-state index in [1.54, 1.807) is 25.4 Å². The van der Waals surface area contributed by atoms with Crippen molar-refractivity contribution in [2.45, 2.75) is 34.1 Å². The lowest BCUT2D eigenvalue weighted by Gasteiger charge is -2.35. The van der Waals surface area contributed by atoms with Gasteiger partial charge in [-0.2, -0.15) is 5.10 Å². The summed E-state index contributed by atoms with van der Waals surface area (Å²) in [5.41, 5.74) is 5.24. The summed E-state index contributed by atoms with van der Waals surface area (Å²) in [5.74, 6) is 1.46. The number of benzene rings is 2. The van der Waals surface area contributed by atoms with Gasteiger partial charge < -0.3 is 9.80 Å². The molecule has 0 N–H and O–H groups in total. The fourth-order valence-electron chi connectivity index (χ4n) is 4.07. The van der Waals surface area contributed by atoms with Gasteiger partial charge in [0.05, 0.1) is 0 Å². The van der Waals surface area contributed by atoms with Gasteiger partial charge in [-0.1, -0.05) is 51.1 Å². The lowest BCUT2D eigenvalue weighted by Crippen LogP contribution is -2.48. The van der Waals surface area contributed by atoms with Crippen molar-refractivity contribution in [3.8, 4) is 0 Å². The Labute approximate surface area is 237 Å². The summed E-state index contributed by atoms with van der Waals surface area (Å²) in [6.45, 7) is 11.1. The van der Waals surface area contributed by atoms with E-state index in [1.165, 1.54) is 23.3 Å². The molecule has 0 unspecified atom stereocenters. The molecule has 1 aliphatic heterocycles. The van der Waals surface area contributed by atoms with Crippen LogP contribution in [0.5, 0.6) is 0 Å². The van der Waals surface area contributed by atoms with Gasteiger partial charge in [0.1, 0.15) is 5.82 Å². The molecule has 0 saturated carbocycles. The minimum Gasteiger partial charge on any atom is -0.352 e. The first kappa shape index (κ1) is 30.3. The second-order valence-corrected chi connectivity index (χ2v) is 8.92. The highest BCUT2D eigenvalue weighted by molar-refractivity contribution is 6.11. The summed E-state index contributed by atoms with van der Waals surface area (Å²) in [4.78, 5) is 24.3. The van der Waals surface area contributed by atoms with E-state index in [1.807, 2.05) is 44.7 Å². The smallest absolute Gasteiger partial charge is 0.222 e. The van der Waals surface area contributed by atoms with Crippen LogP contribution in [0.4, 0.5) is 10.2 Å². The lowest BCUT2D eigenvalue weighted by atomic mass is 10.1. The van der Waals surface area contributed by atoms with Gasteiger partial charge in [-0.3, -0.25) is 9.79 Å². The van der Waals surface area contributed by atoms with Crippen molar-refractivity contribution in [3.05, 3.63) is 102 Å². The SMILES string of the molecule is CC.CCC(=O)N1CCN(c2cccnn2)CC1.CN=C(N=C(C)c1ccc(C2=C[CH]2)cc1)c1ccc(F)cc1. The Bertz CT molecular complexity index is 1310. The third-order valence-electron chi connectivity index (χ3n) is 6.37. The van der Waals surface area contributed by atoms with Crippen LogP contribution in [0.15, 0.2) is 82.9 Å². The molecular formula is C32H38FN6O. The molecular weight excluding hydrogens is 503 g/mol. The van der Waals surface area contributed by atoms with Crippen LogP contribution in [0.2, 0.25) is 0 Å². The highest BCUT2D eigenvalue weighted by atomic mass is 19.1. The van der Waals surface area contributed by atoms with E-state index in [-0.39, 0.29) is 11.7 Å². The van der Waals surface area contributed by atoms with Crippen molar-refractivity contribution < 1.29 is 9.18 Å². The first-order valence-corrected chi connectivity index (χ1v) is 13.7. The van der Waals surface area contributed by atoms with E-state index in [4.69, 9.17) is 0 Å². The van der Waals surface area contributed by atoms with Crippen LogP contribution in [0.3, 0.4) is 0 Å². The van der Waals surface area contributed by atoms with Crippen molar-refractivity contribution in [1.82, 2.24) is 15.1 Å². The maximum Gasteiger partial charge on any atom is 0.222 e. The Morgan fingerprint density at radius 1 is 0.950 bits per heavy atom. The number of hydrogen-bond donors (Lipinski definition) is 0. The molecule has 0 atom stereocenters. The Hall–Kier alpha value is -4.20. The summed E-state index contributed by atoms with van der Waals surface area (Å²) in [6.07, 6.45) is 6.43. The summed E-state index contributed by atoms with van der Waals surface area (Å²) in [7, 11) is 1.69. The Kier molecular flexibility index (Phi) is 11.7. The van der Waals surface area contributed by atoms with Crippen LogP contribution in [-0.2, 0) is 4.79 Å². The van der Waals surface area contributed by atoms with Crippen LogP contribution in [0.25, 0.3) is 5.57 Å². The minimum atomic E-state index is -0.262. The Balaban J connectivity index is 0.000000217. The van der Waals surface area contributed by atoms with Gasteiger partial charge in [-0.15, -0.1) is 5.10 Å². The topological polar surface area (TPSA) is 74.1 Å². The molecule has 1 radical (unpaired) electrons.